The summed E-state index contributed by atoms with van der Waals surface area (Å²) in [6.07, 6.45) is 0.201. The Kier molecular flexibility index (Phi) is 5.50. The van der Waals surface area contributed by atoms with Crippen molar-refractivity contribution in [2.75, 3.05) is 10.0 Å². The summed E-state index contributed by atoms with van der Waals surface area (Å²) in [6, 6.07) is 28.7. The van der Waals surface area contributed by atoms with Gasteiger partial charge in [0.2, 0.25) is 5.91 Å². The summed E-state index contributed by atoms with van der Waals surface area (Å²) < 4.78 is 28.1. The molecule has 0 saturated carbocycles. The summed E-state index contributed by atoms with van der Waals surface area (Å²) in [6.45, 7) is 0. The number of anilines is 2. The summed E-state index contributed by atoms with van der Waals surface area (Å²) in [7, 11) is -3.71. The number of carbonyl (C=O) groups is 1. The van der Waals surface area contributed by atoms with E-state index in [1.54, 1.807) is 42.5 Å². The molecule has 0 aromatic heterocycles. The molecule has 0 aliphatic heterocycles. The van der Waals surface area contributed by atoms with Crippen molar-refractivity contribution in [3.05, 3.63) is 103 Å². The van der Waals surface area contributed by atoms with E-state index in [1.165, 1.54) is 0 Å². The van der Waals surface area contributed by atoms with Crippen molar-refractivity contribution in [1.82, 2.24) is 0 Å². The Bertz CT molecular complexity index is 1290. The minimum atomic E-state index is -3.71. The number of sulfonamides is 1. The topological polar surface area (TPSA) is 75.3 Å². The smallest absolute Gasteiger partial charge is 0.261 e. The van der Waals surface area contributed by atoms with Crippen molar-refractivity contribution in [1.29, 1.82) is 0 Å². The van der Waals surface area contributed by atoms with E-state index in [4.69, 9.17) is 0 Å². The maximum absolute atomic E-state index is 12.7. The average Bonchev–Trinajstić information content (AvgIpc) is 2.75. The maximum Gasteiger partial charge on any atom is 0.261 e. The first-order valence-corrected chi connectivity index (χ1v) is 10.9. The number of amides is 1. The lowest BCUT2D eigenvalue weighted by molar-refractivity contribution is -0.115. The summed E-state index contributed by atoms with van der Waals surface area (Å²) in [4.78, 5) is 12.4. The lowest BCUT2D eigenvalue weighted by atomic mass is 10.1. The summed E-state index contributed by atoms with van der Waals surface area (Å²) >= 11 is 0. The first kappa shape index (κ1) is 19.7. The number of benzene rings is 4. The van der Waals surface area contributed by atoms with Gasteiger partial charge >= 0.3 is 0 Å². The van der Waals surface area contributed by atoms with E-state index >= 15 is 0 Å². The highest BCUT2D eigenvalue weighted by atomic mass is 32.2. The zero-order valence-corrected chi connectivity index (χ0v) is 16.9. The molecule has 1 amide bonds. The fourth-order valence-corrected chi connectivity index (χ4v) is 4.24. The fraction of sp³-hybridized carbons (Fsp3) is 0.0417. The van der Waals surface area contributed by atoms with Crippen LogP contribution in [0.2, 0.25) is 0 Å². The molecule has 0 unspecified atom stereocenters. The van der Waals surface area contributed by atoms with Crippen molar-refractivity contribution in [2.24, 2.45) is 0 Å². The van der Waals surface area contributed by atoms with Crippen molar-refractivity contribution in [3.8, 4) is 0 Å². The molecule has 4 rings (SSSR count). The molecular formula is C24H20N2O3S. The zero-order chi connectivity index (χ0) is 21.0. The highest BCUT2D eigenvalue weighted by molar-refractivity contribution is 7.92. The molecule has 0 atom stereocenters. The van der Waals surface area contributed by atoms with Gasteiger partial charge in [0.1, 0.15) is 0 Å². The van der Waals surface area contributed by atoms with Crippen molar-refractivity contribution < 1.29 is 13.2 Å². The van der Waals surface area contributed by atoms with Gasteiger partial charge in [-0.1, -0.05) is 60.7 Å². The summed E-state index contributed by atoms with van der Waals surface area (Å²) in [5.74, 6) is -0.134. The third-order valence-corrected chi connectivity index (χ3v) is 6.04. The normalized spacial score (nSPS) is 11.2. The number of carbonyl (C=O) groups excluding carboxylic acids is 1. The highest BCUT2D eigenvalue weighted by Gasteiger charge is 2.15. The molecule has 0 bridgehead atoms. The first-order chi connectivity index (χ1) is 14.5. The predicted molar refractivity (Wildman–Crippen MR) is 120 cm³/mol. The van der Waals surface area contributed by atoms with Crippen molar-refractivity contribution in [2.45, 2.75) is 11.3 Å². The number of hydrogen-bond donors (Lipinski definition) is 2. The lowest BCUT2D eigenvalue weighted by Gasteiger charge is -2.10. The quantitative estimate of drug-likeness (QED) is 0.473. The molecule has 0 aliphatic rings. The molecule has 5 nitrogen and oxygen atoms in total. The summed E-state index contributed by atoms with van der Waals surface area (Å²) in [5, 5.41) is 4.67. The Morgan fingerprint density at radius 1 is 0.700 bits per heavy atom. The van der Waals surface area contributed by atoms with Gasteiger partial charge < -0.3 is 5.32 Å². The van der Waals surface area contributed by atoms with E-state index in [0.29, 0.717) is 5.69 Å². The molecule has 0 radical (unpaired) electrons. The van der Waals surface area contributed by atoms with Crippen LogP contribution in [0.5, 0.6) is 0 Å². The van der Waals surface area contributed by atoms with Crippen LogP contribution in [0.4, 0.5) is 11.4 Å². The van der Waals surface area contributed by atoms with Crippen LogP contribution in [0.3, 0.4) is 0 Å². The standard InChI is InChI=1S/C24H20N2O3S/c27-24(25-21-8-2-1-3-9-21)16-18-10-13-22(14-11-18)26-30(28,29)23-15-12-19-6-4-5-7-20(19)17-23/h1-15,17,26H,16H2,(H,25,27). The maximum atomic E-state index is 12.7. The molecule has 4 aromatic carbocycles. The van der Waals surface area contributed by atoms with Gasteiger partial charge in [-0.3, -0.25) is 9.52 Å². The van der Waals surface area contributed by atoms with Crippen LogP contribution in [0.15, 0.2) is 102 Å². The van der Waals surface area contributed by atoms with Crippen LogP contribution >= 0.6 is 0 Å². The third-order valence-electron chi connectivity index (χ3n) is 4.66. The van der Waals surface area contributed by atoms with Gasteiger partial charge in [0.15, 0.2) is 0 Å². The van der Waals surface area contributed by atoms with Crippen LogP contribution in [0.25, 0.3) is 10.8 Å². The van der Waals surface area contributed by atoms with E-state index in [1.807, 2.05) is 54.6 Å². The van der Waals surface area contributed by atoms with Gasteiger partial charge in [-0.15, -0.1) is 0 Å². The van der Waals surface area contributed by atoms with Gasteiger partial charge in [0.25, 0.3) is 10.0 Å². The fourth-order valence-electron chi connectivity index (χ4n) is 3.15. The largest absolute Gasteiger partial charge is 0.326 e. The summed E-state index contributed by atoms with van der Waals surface area (Å²) in [5.41, 5.74) is 1.97. The monoisotopic (exact) mass is 416 g/mol. The van der Waals surface area contributed by atoms with Crippen molar-refractivity contribution in [3.63, 3.8) is 0 Å². The number of fused-ring (bicyclic) bond motifs is 1. The van der Waals surface area contributed by atoms with Gasteiger partial charge in [-0.25, -0.2) is 8.42 Å². The second-order valence-corrected chi connectivity index (χ2v) is 8.58. The molecule has 4 aromatic rings. The number of nitrogens with one attached hydrogen (secondary N) is 2. The second-order valence-electron chi connectivity index (χ2n) is 6.90. The Morgan fingerprint density at radius 2 is 1.37 bits per heavy atom. The van der Waals surface area contributed by atoms with E-state index in [9.17, 15) is 13.2 Å². The third kappa shape index (κ3) is 4.67. The van der Waals surface area contributed by atoms with E-state index in [0.717, 1.165) is 22.0 Å². The van der Waals surface area contributed by atoms with Gasteiger partial charge in [0, 0.05) is 11.4 Å². The lowest BCUT2D eigenvalue weighted by Crippen LogP contribution is -2.15. The van der Waals surface area contributed by atoms with Gasteiger partial charge in [0.05, 0.1) is 11.3 Å². The first-order valence-electron chi connectivity index (χ1n) is 9.45. The van der Waals surface area contributed by atoms with E-state index in [-0.39, 0.29) is 17.2 Å². The van der Waals surface area contributed by atoms with Crippen LogP contribution in [0, 0.1) is 0 Å². The average molecular weight is 417 g/mol. The number of hydrogen-bond acceptors (Lipinski definition) is 3. The van der Waals surface area contributed by atoms with E-state index in [2.05, 4.69) is 10.0 Å². The minimum Gasteiger partial charge on any atom is -0.326 e. The SMILES string of the molecule is O=C(Cc1ccc(NS(=O)(=O)c2ccc3ccccc3c2)cc1)Nc1ccccc1. The number of rotatable bonds is 6. The Balaban J connectivity index is 1.43. The molecule has 0 heterocycles. The Hall–Kier alpha value is -3.64. The van der Waals surface area contributed by atoms with Gasteiger partial charge in [-0.05, 0) is 52.7 Å². The molecule has 2 N–H and O–H groups in total. The second kappa shape index (κ2) is 8.39. The van der Waals surface area contributed by atoms with Gasteiger partial charge in [-0.2, -0.15) is 0 Å². The number of para-hydroxylation sites is 1. The highest BCUT2D eigenvalue weighted by Crippen LogP contribution is 2.22. The zero-order valence-electron chi connectivity index (χ0n) is 16.1. The van der Waals surface area contributed by atoms with Crippen molar-refractivity contribution >= 4 is 38.1 Å². The van der Waals surface area contributed by atoms with E-state index < -0.39 is 10.0 Å². The van der Waals surface area contributed by atoms with Crippen LogP contribution in [0.1, 0.15) is 5.56 Å². The molecule has 6 heteroatoms. The molecule has 0 spiro atoms. The molecule has 0 saturated heterocycles. The molecule has 0 fully saturated rings. The predicted octanol–water partition coefficient (Wildman–Crippen LogP) is 4.82. The van der Waals surface area contributed by atoms with Crippen LogP contribution in [-0.4, -0.2) is 14.3 Å². The molecule has 0 aliphatic carbocycles. The van der Waals surface area contributed by atoms with Crippen LogP contribution in [-0.2, 0) is 21.2 Å². The molecule has 30 heavy (non-hydrogen) atoms. The molecular weight excluding hydrogens is 396 g/mol. The van der Waals surface area contributed by atoms with Crippen LogP contribution < -0.4 is 10.0 Å². The molecule has 150 valence electrons. The minimum absolute atomic E-state index is 0.134. The Labute approximate surface area is 175 Å². The Morgan fingerprint density at radius 3 is 2.10 bits per heavy atom.